The summed E-state index contributed by atoms with van der Waals surface area (Å²) < 4.78 is 0. The monoisotopic (exact) mass is 904 g/mol. The number of carboxylic acids is 2. The molecule has 63 heavy (non-hydrogen) atoms. The summed E-state index contributed by atoms with van der Waals surface area (Å²) in [6, 6.07) is 8.37. The predicted molar refractivity (Wildman–Crippen MR) is 252 cm³/mol. The molecule has 14 heteroatoms. The summed E-state index contributed by atoms with van der Waals surface area (Å²) >= 11 is 3.54. The van der Waals surface area contributed by atoms with Crippen molar-refractivity contribution in [1.29, 1.82) is 0 Å². The lowest BCUT2D eigenvalue weighted by Gasteiger charge is -2.33. The molecule has 12 nitrogen and oxygen atoms in total. The maximum atomic E-state index is 13.2. The number of aliphatic carboxylic acids is 2. The summed E-state index contributed by atoms with van der Waals surface area (Å²) in [7, 11) is 0. The first-order chi connectivity index (χ1) is 30.7. The molecule has 6 fully saturated rings. The van der Waals surface area contributed by atoms with Gasteiger partial charge in [0, 0.05) is 61.6 Å². The standard InChI is InChI=1S/C25H37N3O3S.C24H35N3O3S/c29-23(30)16-18-8-7-15-28(17-18)22-14-13-21(24(31)26-19-9-3-1-4-10-19)25(27-22)32-20-11-5-2-6-12-20;28-22(29)15-17-7-6-14-27(16-17)21-13-12-20(23(30)25-18-8-2-1-3-9-18)24(26-21)31-19-10-4-5-11-19/h13-14,18-20H,1-12,15-17H2,(H,26,31)(H,29,30);12-13,17-19H,1-11,14-16H2,(H,25,30)(H,28,29)/t18-;17-/m10/s1. The van der Waals surface area contributed by atoms with Gasteiger partial charge in [-0.3, -0.25) is 19.2 Å². The number of carbonyl (C=O) groups excluding carboxylic acids is 2. The van der Waals surface area contributed by atoms with Crippen LogP contribution in [-0.4, -0.2) is 92.7 Å². The van der Waals surface area contributed by atoms with Crippen LogP contribution in [0.1, 0.15) is 181 Å². The highest BCUT2D eigenvalue weighted by Crippen LogP contribution is 2.38. The summed E-state index contributed by atoms with van der Waals surface area (Å²) in [6.07, 6.45) is 26.9. The highest BCUT2D eigenvalue weighted by molar-refractivity contribution is 8.00. The van der Waals surface area contributed by atoms with Gasteiger partial charge in [-0.15, -0.1) is 23.5 Å². The van der Waals surface area contributed by atoms with Gasteiger partial charge in [-0.1, -0.05) is 70.6 Å². The molecule has 4 saturated carbocycles. The molecule has 0 spiro atoms. The number of nitrogens with one attached hydrogen (secondary N) is 2. The van der Waals surface area contributed by atoms with E-state index in [0.717, 1.165) is 99.2 Å². The number of thioether (sulfide) groups is 2. The van der Waals surface area contributed by atoms with Crippen molar-refractivity contribution >= 4 is 58.9 Å². The van der Waals surface area contributed by atoms with E-state index >= 15 is 0 Å². The van der Waals surface area contributed by atoms with Gasteiger partial charge in [-0.25, -0.2) is 9.97 Å². The molecule has 2 atom stereocenters. The van der Waals surface area contributed by atoms with Crippen LogP contribution in [0.3, 0.4) is 0 Å². The number of rotatable bonds is 14. The van der Waals surface area contributed by atoms with Crippen molar-refractivity contribution in [3.63, 3.8) is 0 Å². The third-order valence-corrected chi connectivity index (χ3v) is 16.8. The van der Waals surface area contributed by atoms with Crippen molar-refractivity contribution in [2.75, 3.05) is 36.0 Å². The van der Waals surface area contributed by atoms with E-state index in [0.29, 0.717) is 21.6 Å². The van der Waals surface area contributed by atoms with Gasteiger partial charge in [0.2, 0.25) is 0 Å². The SMILES string of the molecule is O=C(O)C[C@@H]1CCCN(c2ccc(C(=O)NC3CCCCC3)c(SC3CCCC3)n2)C1.O=C(O)C[C@H]1CCCN(c2ccc(C(=O)NC3CCCCC3)c(SC3CCCCC3)n2)C1. The lowest BCUT2D eigenvalue weighted by atomic mass is 9.95. The Balaban J connectivity index is 0.000000189. The number of aromatic nitrogens is 2. The van der Waals surface area contributed by atoms with E-state index in [1.54, 1.807) is 23.5 Å². The van der Waals surface area contributed by atoms with Crippen molar-refractivity contribution in [2.24, 2.45) is 11.8 Å². The Bertz CT molecular complexity index is 1830. The van der Waals surface area contributed by atoms with Crippen molar-refractivity contribution in [3.05, 3.63) is 35.4 Å². The third-order valence-electron chi connectivity index (χ3n) is 14.1. The van der Waals surface area contributed by atoms with Crippen LogP contribution in [0.5, 0.6) is 0 Å². The van der Waals surface area contributed by atoms with Crippen LogP contribution in [0.2, 0.25) is 0 Å². The molecule has 4 aliphatic carbocycles. The molecule has 0 radical (unpaired) electrons. The molecule has 2 amide bonds. The number of pyridine rings is 2. The van der Waals surface area contributed by atoms with Crippen molar-refractivity contribution in [3.8, 4) is 0 Å². The second-order valence-electron chi connectivity index (χ2n) is 19.2. The van der Waals surface area contributed by atoms with E-state index in [2.05, 4.69) is 20.4 Å². The van der Waals surface area contributed by atoms with Crippen LogP contribution in [0.4, 0.5) is 11.6 Å². The van der Waals surface area contributed by atoms with Gasteiger partial charge in [0.15, 0.2) is 0 Å². The average molecular weight is 905 g/mol. The van der Waals surface area contributed by atoms with Gasteiger partial charge in [-0.2, -0.15) is 0 Å². The maximum absolute atomic E-state index is 13.2. The van der Waals surface area contributed by atoms with Crippen molar-refractivity contribution in [1.82, 2.24) is 20.6 Å². The van der Waals surface area contributed by atoms with Crippen LogP contribution in [0.15, 0.2) is 34.3 Å². The van der Waals surface area contributed by atoms with E-state index in [-0.39, 0.29) is 48.6 Å². The van der Waals surface area contributed by atoms with Gasteiger partial charge in [-0.05, 0) is 113 Å². The molecule has 0 bridgehead atoms. The lowest BCUT2D eigenvalue weighted by Crippen LogP contribution is -2.38. The van der Waals surface area contributed by atoms with Crippen LogP contribution in [0, 0.1) is 11.8 Å². The Hall–Kier alpha value is -3.52. The molecule has 4 heterocycles. The summed E-state index contributed by atoms with van der Waals surface area (Å²) in [5, 5.41) is 27.7. The van der Waals surface area contributed by atoms with Crippen LogP contribution in [0.25, 0.3) is 0 Å². The first-order valence-electron chi connectivity index (χ1n) is 24.6. The zero-order valence-electron chi connectivity index (χ0n) is 37.4. The number of anilines is 2. The van der Waals surface area contributed by atoms with Crippen LogP contribution >= 0.6 is 23.5 Å². The maximum Gasteiger partial charge on any atom is 0.303 e. The zero-order chi connectivity index (χ0) is 44.0. The van der Waals surface area contributed by atoms with E-state index < -0.39 is 11.9 Å². The van der Waals surface area contributed by atoms with Crippen LogP contribution < -0.4 is 20.4 Å². The number of amides is 2. The highest BCUT2D eigenvalue weighted by Gasteiger charge is 2.29. The molecule has 4 N–H and O–H groups in total. The van der Waals surface area contributed by atoms with Gasteiger partial charge in [0.05, 0.1) is 11.1 Å². The third kappa shape index (κ3) is 14.5. The minimum atomic E-state index is -0.730. The van der Waals surface area contributed by atoms with E-state index in [9.17, 15) is 29.4 Å². The topological polar surface area (TPSA) is 165 Å². The average Bonchev–Trinajstić information content (AvgIpc) is 3.80. The van der Waals surface area contributed by atoms with E-state index in [1.165, 1.54) is 96.3 Å². The quantitative estimate of drug-likeness (QED) is 0.142. The van der Waals surface area contributed by atoms with Gasteiger partial charge < -0.3 is 30.6 Å². The number of hydrogen-bond acceptors (Lipinski definition) is 10. The molecule has 2 saturated heterocycles. The first-order valence-corrected chi connectivity index (χ1v) is 26.3. The highest BCUT2D eigenvalue weighted by atomic mass is 32.2. The number of hydrogen-bond donors (Lipinski definition) is 4. The molecule has 0 unspecified atom stereocenters. The lowest BCUT2D eigenvalue weighted by molar-refractivity contribution is -0.139. The molecule has 2 aromatic rings. The molecule has 6 aliphatic rings. The summed E-state index contributed by atoms with van der Waals surface area (Å²) in [5.41, 5.74) is 1.40. The number of carbonyl (C=O) groups is 4. The molecule has 8 rings (SSSR count). The van der Waals surface area contributed by atoms with Gasteiger partial charge >= 0.3 is 11.9 Å². The fourth-order valence-electron chi connectivity index (χ4n) is 10.6. The minimum absolute atomic E-state index is 0.00819. The van der Waals surface area contributed by atoms with E-state index in [4.69, 9.17) is 9.97 Å². The molecular formula is C49H72N6O6S2. The van der Waals surface area contributed by atoms with Gasteiger partial charge in [0.25, 0.3) is 11.8 Å². The fraction of sp³-hybridized carbons (Fsp3) is 0.714. The Morgan fingerprint density at radius 3 is 1.25 bits per heavy atom. The van der Waals surface area contributed by atoms with E-state index in [1.807, 2.05) is 24.3 Å². The van der Waals surface area contributed by atoms with Gasteiger partial charge in [0.1, 0.15) is 21.7 Å². The molecule has 0 aromatic carbocycles. The van der Waals surface area contributed by atoms with Crippen LogP contribution in [-0.2, 0) is 9.59 Å². The Morgan fingerprint density at radius 2 is 0.873 bits per heavy atom. The zero-order valence-corrected chi connectivity index (χ0v) is 39.0. The number of nitrogens with zero attached hydrogens (tertiary/aromatic N) is 4. The number of carboxylic acid groups (broad SMARTS) is 2. The second kappa shape index (κ2) is 24.1. The largest absolute Gasteiger partial charge is 0.481 e. The minimum Gasteiger partial charge on any atom is -0.481 e. The molecule has 2 aliphatic heterocycles. The molecule has 2 aromatic heterocycles. The van der Waals surface area contributed by atoms with Crippen molar-refractivity contribution in [2.45, 2.75) is 193 Å². The summed E-state index contributed by atoms with van der Waals surface area (Å²) in [6.45, 7) is 3.23. The Kier molecular flexibility index (Phi) is 18.2. The summed E-state index contributed by atoms with van der Waals surface area (Å²) in [4.78, 5) is 63.1. The second-order valence-corrected chi connectivity index (χ2v) is 21.7. The Morgan fingerprint density at radius 1 is 0.508 bits per heavy atom. The molecule has 346 valence electrons. The normalized spacial score (nSPS) is 23.1. The summed E-state index contributed by atoms with van der Waals surface area (Å²) in [5.74, 6) is 0.642. The Labute approximate surface area is 383 Å². The molecular weight excluding hydrogens is 833 g/mol. The van der Waals surface area contributed by atoms with Crippen molar-refractivity contribution < 1.29 is 29.4 Å². The fourth-order valence-corrected chi connectivity index (χ4v) is 13.3. The predicted octanol–water partition coefficient (Wildman–Crippen LogP) is 10.1. The first kappa shape index (κ1) is 47.4. The number of piperidine rings is 2. The smallest absolute Gasteiger partial charge is 0.303 e.